The fraction of sp³-hybridized carbons (Fsp3) is 0.333. The lowest BCUT2D eigenvalue weighted by Crippen LogP contribution is -2.48. The third kappa shape index (κ3) is 2.76. The van der Waals surface area contributed by atoms with Gasteiger partial charge in [-0.3, -0.25) is 19.4 Å². The molecule has 0 spiro atoms. The van der Waals surface area contributed by atoms with E-state index in [2.05, 4.69) is 5.10 Å². The van der Waals surface area contributed by atoms with Gasteiger partial charge in [0.1, 0.15) is 11.9 Å². The number of Topliss-reactive ketones (excluding diaryl/α,β-unsaturated/α-hetero) is 1. The second kappa shape index (κ2) is 6.57. The molecule has 0 aromatic heterocycles. The largest absolute Gasteiger partial charge is 0.297 e. The van der Waals surface area contributed by atoms with Gasteiger partial charge in [-0.05, 0) is 35.4 Å². The van der Waals surface area contributed by atoms with Gasteiger partial charge in [-0.2, -0.15) is 5.10 Å². The zero-order chi connectivity index (χ0) is 22.1. The summed E-state index contributed by atoms with van der Waals surface area (Å²) in [6.07, 6.45) is 1.68. The number of carbonyl (C=O) groups excluding carboxylic acids is 3. The van der Waals surface area contributed by atoms with E-state index in [1.165, 1.54) is 24.3 Å². The fourth-order valence-electron chi connectivity index (χ4n) is 4.96. The molecule has 2 saturated heterocycles. The number of fused-ring (bicyclic) bond motifs is 5. The molecular formula is C24H22FN3O3. The molecule has 6 nitrogen and oxygen atoms in total. The predicted octanol–water partition coefficient (Wildman–Crippen LogP) is 3.32. The SMILES string of the molecule is CC(C)(C)C(=O)C1C2C(=O)N(c3ccc(F)cc3)C(=O)C2C2c3ccccc3C=NN12. The molecule has 0 aliphatic carbocycles. The van der Waals surface area contributed by atoms with Gasteiger partial charge >= 0.3 is 0 Å². The van der Waals surface area contributed by atoms with E-state index in [1.54, 1.807) is 32.0 Å². The Morgan fingerprint density at radius 3 is 2.29 bits per heavy atom. The smallest absolute Gasteiger partial charge is 0.240 e. The van der Waals surface area contributed by atoms with Crippen LogP contribution in [-0.2, 0) is 14.4 Å². The van der Waals surface area contributed by atoms with Gasteiger partial charge in [0.25, 0.3) is 0 Å². The molecule has 0 radical (unpaired) electrons. The Hall–Kier alpha value is -3.35. The molecule has 3 aliphatic heterocycles. The highest BCUT2D eigenvalue weighted by Gasteiger charge is 2.66. The molecule has 31 heavy (non-hydrogen) atoms. The third-order valence-corrected chi connectivity index (χ3v) is 6.39. The van der Waals surface area contributed by atoms with E-state index in [1.807, 2.05) is 24.3 Å². The van der Waals surface area contributed by atoms with E-state index in [-0.39, 0.29) is 11.7 Å². The predicted molar refractivity (Wildman–Crippen MR) is 113 cm³/mol. The molecule has 3 heterocycles. The Labute approximate surface area is 179 Å². The Morgan fingerprint density at radius 1 is 0.968 bits per heavy atom. The molecule has 2 amide bonds. The minimum Gasteiger partial charge on any atom is -0.297 e. The fourth-order valence-corrected chi connectivity index (χ4v) is 4.96. The van der Waals surface area contributed by atoms with Crippen LogP contribution in [-0.4, -0.2) is 34.9 Å². The number of amides is 2. The van der Waals surface area contributed by atoms with Crippen molar-refractivity contribution in [2.45, 2.75) is 32.9 Å². The van der Waals surface area contributed by atoms with Crippen LogP contribution in [0.3, 0.4) is 0 Å². The van der Waals surface area contributed by atoms with E-state index in [4.69, 9.17) is 0 Å². The maximum Gasteiger partial charge on any atom is 0.240 e. The topological polar surface area (TPSA) is 70.0 Å². The van der Waals surface area contributed by atoms with Gasteiger partial charge in [0, 0.05) is 5.41 Å². The lowest BCUT2D eigenvalue weighted by atomic mass is 9.79. The van der Waals surface area contributed by atoms with Gasteiger partial charge < -0.3 is 0 Å². The molecule has 0 saturated carbocycles. The Morgan fingerprint density at radius 2 is 1.61 bits per heavy atom. The van der Waals surface area contributed by atoms with Crippen molar-refractivity contribution < 1.29 is 18.8 Å². The summed E-state index contributed by atoms with van der Waals surface area (Å²) in [6, 6.07) is 11.5. The maximum atomic E-state index is 13.6. The number of hydrogen-bond acceptors (Lipinski definition) is 5. The van der Waals surface area contributed by atoms with Crippen LogP contribution in [0.15, 0.2) is 53.6 Å². The number of carbonyl (C=O) groups is 3. The molecule has 5 rings (SSSR count). The molecule has 4 atom stereocenters. The van der Waals surface area contributed by atoms with Crippen LogP contribution in [0.2, 0.25) is 0 Å². The van der Waals surface area contributed by atoms with Crippen molar-refractivity contribution in [3.8, 4) is 0 Å². The Balaban J connectivity index is 1.66. The van der Waals surface area contributed by atoms with Gasteiger partial charge in [-0.25, -0.2) is 9.29 Å². The van der Waals surface area contributed by atoms with E-state index in [0.717, 1.165) is 16.0 Å². The third-order valence-electron chi connectivity index (χ3n) is 6.39. The number of nitrogens with zero attached hydrogens (tertiary/aromatic N) is 3. The van der Waals surface area contributed by atoms with Gasteiger partial charge in [0.2, 0.25) is 11.8 Å². The summed E-state index contributed by atoms with van der Waals surface area (Å²) < 4.78 is 13.4. The molecule has 7 heteroatoms. The van der Waals surface area contributed by atoms with Crippen LogP contribution in [0.1, 0.15) is 37.9 Å². The minimum absolute atomic E-state index is 0.136. The molecule has 4 unspecified atom stereocenters. The van der Waals surface area contributed by atoms with E-state index in [0.29, 0.717) is 5.69 Å². The molecule has 0 N–H and O–H groups in total. The number of hydrogen-bond donors (Lipinski definition) is 0. The molecular weight excluding hydrogens is 397 g/mol. The van der Waals surface area contributed by atoms with E-state index in [9.17, 15) is 18.8 Å². The first-order chi connectivity index (χ1) is 14.7. The first-order valence-corrected chi connectivity index (χ1v) is 10.3. The average Bonchev–Trinajstić information content (AvgIpc) is 3.20. The van der Waals surface area contributed by atoms with Crippen LogP contribution in [0, 0.1) is 23.1 Å². The van der Waals surface area contributed by atoms with Crippen molar-refractivity contribution >= 4 is 29.5 Å². The number of anilines is 1. The number of imide groups is 1. The quantitative estimate of drug-likeness (QED) is 0.701. The lowest BCUT2D eigenvalue weighted by Gasteiger charge is -2.35. The Bertz CT molecular complexity index is 1140. The van der Waals surface area contributed by atoms with Crippen LogP contribution in [0.5, 0.6) is 0 Å². The van der Waals surface area contributed by atoms with Gasteiger partial charge in [0.15, 0.2) is 5.78 Å². The monoisotopic (exact) mass is 419 g/mol. The highest BCUT2D eigenvalue weighted by Crippen LogP contribution is 2.53. The normalized spacial score (nSPS) is 26.7. The van der Waals surface area contributed by atoms with Gasteiger partial charge in [0.05, 0.1) is 29.8 Å². The minimum atomic E-state index is -0.849. The zero-order valence-corrected chi connectivity index (χ0v) is 17.4. The van der Waals surface area contributed by atoms with Gasteiger partial charge in [-0.1, -0.05) is 45.0 Å². The average molecular weight is 419 g/mol. The van der Waals surface area contributed by atoms with Crippen molar-refractivity contribution in [3.05, 3.63) is 65.5 Å². The van der Waals surface area contributed by atoms with Crippen molar-refractivity contribution in [1.29, 1.82) is 0 Å². The second-order valence-electron chi connectivity index (χ2n) is 9.30. The lowest BCUT2D eigenvalue weighted by molar-refractivity contribution is -0.136. The first kappa shape index (κ1) is 19.6. The van der Waals surface area contributed by atoms with Crippen molar-refractivity contribution in [3.63, 3.8) is 0 Å². The molecule has 2 aromatic rings. The number of ketones is 1. The highest BCUT2D eigenvalue weighted by atomic mass is 19.1. The molecule has 158 valence electrons. The second-order valence-corrected chi connectivity index (χ2v) is 9.30. The van der Waals surface area contributed by atoms with E-state index < -0.39 is 41.1 Å². The molecule has 2 fully saturated rings. The van der Waals surface area contributed by atoms with Gasteiger partial charge in [-0.15, -0.1) is 0 Å². The highest BCUT2D eigenvalue weighted by molar-refractivity contribution is 6.24. The van der Waals surface area contributed by atoms with E-state index >= 15 is 0 Å². The number of halogens is 1. The summed E-state index contributed by atoms with van der Waals surface area (Å²) in [5.41, 5.74) is 1.33. The summed E-state index contributed by atoms with van der Waals surface area (Å²) in [5, 5.41) is 6.18. The molecule has 0 bridgehead atoms. The molecule has 3 aliphatic rings. The first-order valence-electron chi connectivity index (χ1n) is 10.3. The number of rotatable bonds is 2. The zero-order valence-electron chi connectivity index (χ0n) is 17.4. The maximum absolute atomic E-state index is 13.6. The Kier molecular flexibility index (Phi) is 4.16. The van der Waals surface area contributed by atoms with Crippen LogP contribution in [0.4, 0.5) is 10.1 Å². The number of hydrazone groups is 1. The summed E-state index contributed by atoms with van der Waals surface area (Å²) in [7, 11) is 0. The van der Waals surface area contributed by atoms with Crippen LogP contribution < -0.4 is 4.90 Å². The van der Waals surface area contributed by atoms with Crippen molar-refractivity contribution in [1.82, 2.24) is 5.01 Å². The summed E-state index contributed by atoms with van der Waals surface area (Å²) in [4.78, 5) is 41.7. The van der Waals surface area contributed by atoms with Crippen LogP contribution >= 0.6 is 0 Å². The van der Waals surface area contributed by atoms with Crippen molar-refractivity contribution in [2.24, 2.45) is 22.4 Å². The standard InChI is InChI=1S/C24H22FN3O3/c1-24(2,3)21(29)20-18-17(19-16-7-5-4-6-13(16)12-26-28(19)20)22(30)27(23(18)31)15-10-8-14(25)9-11-15/h4-12,17-20H,1-3H3. The summed E-state index contributed by atoms with van der Waals surface area (Å²) in [5.74, 6) is -3.00. The van der Waals surface area contributed by atoms with Crippen molar-refractivity contribution in [2.75, 3.05) is 4.90 Å². The summed E-state index contributed by atoms with van der Waals surface area (Å²) >= 11 is 0. The molecule has 2 aromatic carbocycles. The van der Waals surface area contributed by atoms with Crippen LogP contribution in [0.25, 0.3) is 0 Å². The summed E-state index contributed by atoms with van der Waals surface area (Å²) in [6.45, 7) is 5.41. The number of benzene rings is 2.